The molecule has 0 saturated heterocycles. The number of hydrogen-bond acceptors (Lipinski definition) is 8. The number of nitrogens with zero attached hydrogens (tertiary/aromatic N) is 4. The first-order valence-electron chi connectivity index (χ1n) is 12.8. The van der Waals surface area contributed by atoms with E-state index in [1.54, 1.807) is 17.5 Å². The molecule has 38 heavy (non-hydrogen) atoms. The summed E-state index contributed by atoms with van der Waals surface area (Å²) in [5.74, 6) is 1.67. The number of Topliss-reactive ketones (excluding diaryl/α,β-unsaturated/α-hetero) is 1. The third kappa shape index (κ3) is 10.7. The average molecular weight is 532 g/mol. The topological polar surface area (TPSA) is 88.1 Å². The van der Waals surface area contributed by atoms with Gasteiger partial charge in [0.2, 0.25) is 0 Å². The van der Waals surface area contributed by atoms with Crippen molar-refractivity contribution in [3.63, 3.8) is 0 Å². The predicted octanol–water partition coefficient (Wildman–Crippen LogP) is 6.52. The van der Waals surface area contributed by atoms with Gasteiger partial charge in [0.25, 0.3) is 0 Å². The second-order valence-electron chi connectivity index (χ2n) is 8.25. The molecule has 0 aliphatic carbocycles. The van der Waals surface area contributed by atoms with Crippen molar-refractivity contribution in [2.75, 3.05) is 18.4 Å². The number of benzene rings is 1. The molecule has 3 heterocycles. The SMILES string of the molecule is CC.CC(=O)CN(CC=O)Cc1ccccc1.CCc1ncc(-c2cccc(Nc3cc(C)ccn3)n2)s1. The van der Waals surface area contributed by atoms with Crippen LogP contribution in [0.15, 0.2) is 73.1 Å². The van der Waals surface area contributed by atoms with E-state index in [1.807, 2.05) is 92.5 Å². The molecule has 3 aromatic heterocycles. The number of hydrogen-bond donors (Lipinski definition) is 1. The first-order chi connectivity index (χ1) is 18.5. The van der Waals surface area contributed by atoms with Crippen LogP contribution in [0.1, 0.15) is 43.8 Å². The van der Waals surface area contributed by atoms with Gasteiger partial charge in [-0.1, -0.05) is 57.2 Å². The largest absolute Gasteiger partial charge is 0.325 e. The van der Waals surface area contributed by atoms with Gasteiger partial charge in [-0.25, -0.2) is 15.0 Å². The van der Waals surface area contributed by atoms with Gasteiger partial charge in [0, 0.05) is 18.9 Å². The number of carbonyl (C=O) groups is 2. The Labute approximate surface area is 230 Å². The summed E-state index contributed by atoms with van der Waals surface area (Å²) < 4.78 is 0. The maximum Gasteiger partial charge on any atom is 0.143 e. The minimum Gasteiger partial charge on any atom is -0.325 e. The van der Waals surface area contributed by atoms with Crippen LogP contribution in [0.25, 0.3) is 10.6 Å². The number of thiazole rings is 1. The molecule has 0 bridgehead atoms. The van der Waals surface area contributed by atoms with Crippen molar-refractivity contribution in [3.8, 4) is 10.6 Å². The Bertz CT molecular complexity index is 1260. The van der Waals surface area contributed by atoms with Gasteiger partial charge < -0.3 is 10.1 Å². The van der Waals surface area contributed by atoms with E-state index < -0.39 is 0 Å². The van der Waals surface area contributed by atoms with E-state index in [4.69, 9.17) is 0 Å². The Morgan fingerprint density at radius 3 is 2.42 bits per heavy atom. The van der Waals surface area contributed by atoms with Crippen LogP contribution in [0, 0.1) is 6.92 Å². The van der Waals surface area contributed by atoms with E-state index in [2.05, 4.69) is 27.2 Å². The van der Waals surface area contributed by atoms with E-state index in [-0.39, 0.29) is 5.78 Å². The van der Waals surface area contributed by atoms with E-state index in [0.29, 0.717) is 19.6 Å². The first-order valence-corrected chi connectivity index (χ1v) is 13.6. The van der Waals surface area contributed by atoms with Crippen molar-refractivity contribution in [1.82, 2.24) is 19.9 Å². The number of aromatic nitrogens is 3. The zero-order chi connectivity index (χ0) is 27.8. The Morgan fingerprint density at radius 1 is 1.03 bits per heavy atom. The highest BCUT2D eigenvalue weighted by molar-refractivity contribution is 7.15. The third-order valence-corrected chi connectivity index (χ3v) is 6.22. The predicted molar refractivity (Wildman–Crippen MR) is 157 cm³/mol. The molecule has 0 unspecified atom stereocenters. The summed E-state index contributed by atoms with van der Waals surface area (Å²) in [5, 5.41) is 4.37. The molecule has 4 rings (SSSR count). The molecular weight excluding hydrogens is 494 g/mol. The fourth-order valence-corrected chi connectivity index (χ4v) is 4.24. The molecule has 0 radical (unpaired) electrons. The van der Waals surface area contributed by atoms with Crippen LogP contribution in [0.4, 0.5) is 11.6 Å². The number of carbonyl (C=O) groups excluding carboxylic acids is 2. The summed E-state index contributed by atoms with van der Waals surface area (Å²) in [6, 6.07) is 19.7. The second-order valence-corrected chi connectivity index (χ2v) is 9.36. The molecule has 0 spiro atoms. The van der Waals surface area contributed by atoms with Gasteiger partial charge in [0.05, 0.1) is 28.7 Å². The molecule has 200 valence electrons. The monoisotopic (exact) mass is 531 g/mol. The lowest BCUT2D eigenvalue weighted by molar-refractivity contribution is -0.118. The van der Waals surface area contributed by atoms with E-state index >= 15 is 0 Å². The summed E-state index contributed by atoms with van der Waals surface area (Å²) in [6.07, 6.45) is 5.46. The Kier molecular flexibility index (Phi) is 13.5. The first kappa shape index (κ1) is 30.5. The molecule has 7 nitrogen and oxygen atoms in total. The molecule has 1 N–H and O–H groups in total. The van der Waals surface area contributed by atoms with Crippen molar-refractivity contribution in [3.05, 3.63) is 89.2 Å². The lowest BCUT2D eigenvalue weighted by Gasteiger charge is -2.17. The molecular formula is C30H37N5O2S. The van der Waals surface area contributed by atoms with Crippen LogP contribution < -0.4 is 5.32 Å². The van der Waals surface area contributed by atoms with Crippen molar-refractivity contribution >= 4 is 35.0 Å². The third-order valence-electron chi connectivity index (χ3n) is 5.06. The number of aldehydes is 1. The molecule has 4 aromatic rings. The minimum absolute atomic E-state index is 0.0766. The maximum atomic E-state index is 11.0. The molecule has 0 aliphatic rings. The zero-order valence-electron chi connectivity index (χ0n) is 22.8. The quantitative estimate of drug-likeness (QED) is 0.233. The van der Waals surface area contributed by atoms with Gasteiger partial charge in [-0.2, -0.15) is 0 Å². The van der Waals surface area contributed by atoms with Gasteiger partial charge in [0.15, 0.2) is 0 Å². The second kappa shape index (κ2) is 16.9. The highest BCUT2D eigenvalue weighted by Gasteiger charge is 2.08. The van der Waals surface area contributed by atoms with Crippen molar-refractivity contribution < 1.29 is 9.59 Å². The van der Waals surface area contributed by atoms with Crippen LogP contribution >= 0.6 is 11.3 Å². The summed E-state index contributed by atoms with van der Waals surface area (Å²) in [6.45, 7) is 10.9. The number of anilines is 2. The zero-order valence-corrected chi connectivity index (χ0v) is 23.7. The molecule has 0 saturated carbocycles. The van der Waals surface area contributed by atoms with E-state index in [9.17, 15) is 9.59 Å². The Balaban J connectivity index is 0.000000264. The van der Waals surface area contributed by atoms with Gasteiger partial charge in [0.1, 0.15) is 23.7 Å². The fourth-order valence-electron chi connectivity index (χ4n) is 3.42. The van der Waals surface area contributed by atoms with Crippen LogP contribution in [-0.4, -0.2) is 45.0 Å². The van der Waals surface area contributed by atoms with Crippen LogP contribution in [-0.2, 0) is 22.6 Å². The van der Waals surface area contributed by atoms with Gasteiger partial charge in [-0.3, -0.25) is 9.69 Å². The van der Waals surface area contributed by atoms with E-state index in [1.165, 1.54) is 12.5 Å². The summed E-state index contributed by atoms with van der Waals surface area (Å²) >= 11 is 1.69. The Hall–Kier alpha value is -3.75. The molecule has 0 amide bonds. The molecule has 0 aliphatic heterocycles. The highest BCUT2D eigenvalue weighted by Crippen LogP contribution is 2.26. The van der Waals surface area contributed by atoms with Crippen molar-refractivity contribution in [2.24, 2.45) is 0 Å². The smallest absolute Gasteiger partial charge is 0.143 e. The van der Waals surface area contributed by atoms with Crippen LogP contribution in [0.5, 0.6) is 0 Å². The molecule has 0 atom stereocenters. The Morgan fingerprint density at radius 2 is 1.79 bits per heavy atom. The van der Waals surface area contributed by atoms with Gasteiger partial charge in [-0.15, -0.1) is 11.3 Å². The lowest BCUT2D eigenvalue weighted by Crippen LogP contribution is -2.29. The van der Waals surface area contributed by atoms with Crippen LogP contribution in [0.3, 0.4) is 0 Å². The summed E-state index contributed by atoms with van der Waals surface area (Å²) in [4.78, 5) is 37.6. The fraction of sp³-hybridized carbons (Fsp3) is 0.300. The number of rotatable bonds is 10. The average Bonchev–Trinajstić information content (AvgIpc) is 3.41. The molecule has 0 fully saturated rings. The number of nitrogens with one attached hydrogen (secondary N) is 1. The van der Waals surface area contributed by atoms with Gasteiger partial charge >= 0.3 is 0 Å². The van der Waals surface area contributed by atoms with Crippen LogP contribution in [0.2, 0.25) is 0 Å². The minimum atomic E-state index is 0.0766. The molecule has 1 aromatic carbocycles. The number of ketones is 1. The summed E-state index contributed by atoms with van der Waals surface area (Å²) in [7, 11) is 0. The van der Waals surface area contributed by atoms with E-state index in [0.717, 1.165) is 45.5 Å². The number of pyridine rings is 2. The van der Waals surface area contributed by atoms with Crippen molar-refractivity contribution in [1.29, 1.82) is 0 Å². The van der Waals surface area contributed by atoms with Gasteiger partial charge in [-0.05, 0) is 55.7 Å². The summed E-state index contributed by atoms with van der Waals surface area (Å²) in [5.41, 5.74) is 3.21. The number of aryl methyl sites for hydroxylation is 2. The maximum absolute atomic E-state index is 11.0. The molecule has 8 heteroatoms. The lowest BCUT2D eigenvalue weighted by atomic mass is 10.2. The highest BCUT2D eigenvalue weighted by atomic mass is 32.1. The normalized spacial score (nSPS) is 10.1. The standard InChI is InChI=1S/C16H16N4S.C12H15NO2.C2H6/c1-3-16-18-10-13(21-16)12-5-4-6-14(19-12)20-15-9-11(2)7-8-17-15;1-11(15)9-13(7-8-14)10-12-5-3-2-4-6-12;1-2/h4-10H,3H2,1-2H3,(H,17,19,20);2-6,8H,7,9-10H2,1H3;1-2H3. The van der Waals surface area contributed by atoms with Crippen molar-refractivity contribution in [2.45, 2.75) is 47.6 Å².